The Kier molecular flexibility index (Phi) is 2.87. The quantitative estimate of drug-likeness (QED) is 0.780. The maximum absolute atomic E-state index is 11.5. The fourth-order valence-electron chi connectivity index (χ4n) is 1.67. The molecule has 0 aliphatic heterocycles. The number of carbonyl (C=O) groups excluding carboxylic acids is 1. The lowest BCUT2D eigenvalue weighted by molar-refractivity contribution is 0.0523. The molecule has 0 bridgehead atoms. The minimum Gasteiger partial charge on any atom is -0.507 e. The van der Waals surface area contributed by atoms with Gasteiger partial charge in [-0.15, -0.1) is 0 Å². The monoisotopic (exact) mass is 232 g/mol. The summed E-state index contributed by atoms with van der Waals surface area (Å²) in [6.45, 7) is 1.94. The number of rotatable bonds is 2. The topological polar surface area (TPSA) is 66.8 Å². The van der Waals surface area contributed by atoms with Crippen LogP contribution in [0.25, 0.3) is 10.8 Å². The van der Waals surface area contributed by atoms with Gasteiger partial charge in [0.1, 0.15) is 17.1 Å². The molecule has 0 heterocycles. The van der Waals surface area contributed by atoms with Gasteiger partial charge in [-0.1, -0.05) is 12.1 Å². The molecule has 0 radical (unpaired) electrons. The second kappa shape index (κ2) is 4.33. The Labute approximate surface area is 98.1 Å². The smallest absolute Gasteiger partial charge is 0.341 e. The van der Waals surface area contributed by atoms with Crippen LogP contribution in [-0.4, -0.2) is 22.8 Å². The van der Waals surface area contributed by atoms with Crippen LogP contribution in [0.4, 0.5) is 0 Å². The lowest BCUT2D eigenvalue weighted by Gasteiger charge is -2.07. The summed E-state index contributed by atoms with van der Waals surface area (Å²) in [5.41, 5.74) is 0.102. The number of esters is 1. The molecule has 0 amide bonds. The summed E-state index contributed by atoms with van der Waals surface area (Å²) in [7, 11) is 0. The molecule has 0 aliphatic rings. The average molecular weight is 232 g/mol. The fourth-order valence-corrected chi connectivity index (χ4v) is 1.67. The molecule has 0 atom stereocenters. The molecule has 0 spiro atoms. The lowest BCUT2D eigenvalue weighted by Crippen LogP contribution is -2.04. The highest BCUT2D eigenvalue weighted by atomic mass is 16.5. The number of phenols is 2. The van der Waals surface area contributed by atoms with Gasteiger partial charge in [-0.3, -0.25) is 0 Å². The van der Waals surface area contributed by atoms with E-state index in [9.17, 15) is 15.0 Å². The largest absolute Gasteiger partial charge is 0.507 e. The molecule has 2 N–H and O–H groups in total. The van der Waals surface area contributed by atoms with Gasteiger partial charge in [0.05, 0.1) is 6.61 Å². The molecule has 0 saturated heterocycles. The molecule has 0 unspecified atom stereocenters. The van der Waals surface area contributed by atoms with E-state index in [2.05, 4.69) is 0 Å². The van der Waals surface area contributed by atoms with Crippen molar-refractivity contribution in [1.82, 2.24) is 0 Å². The third-order valence-electron chi connectivity index (χ3n) is 2.47. The number of carbonyl (C=O) groups is 1. The number of hydrogen-bond acceptors (Lipinski definition) is 4. The van der Waals surface area contributed by atoms with Gasteiger partial charge in [-0.05, 0) is 30.5 Å². The molecule has 2 aromatic rings. The summed E-state index contributed by atoms with van der Waals surface area (Å²) >= 11 is 0. The molecule has 2 aromatic carbocycles. The van der Waals surface area contributed by atoms with Crippen LogP contribution in [0.15, 0.2) is 30.3 Å². The Morgan fingerprint density at radius 3 is 2.71 bits per heavy atom. The highest BCUT2D eigenvalue weighted by molar-refractivity contribution is 6.00. The predicted molar refractivity (Wildman–Crippen MR) is 63.2 cm³/mol. The van der Waals surface area contributed by atoms with Gasteiger partial charge in [0.15, 0.2) is 0 Å². The maximum Gasteiger partial charge on any atom is 0.341 e. The molecule has 4 heteroatoms. The molecule has 0 aliphatic carbocycles. The minimum absolute atomic E-state index is 0.0632. The Bertz CT molecular complexity index is 575. The summed E-state index contributed by atoms with van der Waals surface area (Å²) in [4.78, 5) is 11.5. The van der Waals surface area contributed by atoms with Gasteiger partial charge in [0.2, 0.25) is 0 Å². The van der Waals surface area contributed by atoms with Crippen LogP contribution in [-0.2, 0) is 4.74 Å². The lowest BCUT2D eigenvalue weighted by atomic mass is 10.1. The van der Waals surface area contributed by atoms with E-state index >= 15 is 0 Å². The molecular formula is C13H12O4. The van der Waals surface area contributed by atoms with Gasteiger partial charge in [-0.25, -0.2) is 4.79 Å². The van der Waals surface area contributed by atoms with Gasteiger partial charge < -0.3 is 14.9 Å². The van der Waals surface area contributed by atoms with Gasteiger partial charge >= 0.3 is 5.97 Å². The standard InChI is InChI=1S/C13H12O4/c1-2-17-13(16)10-6-8-4-3-5-11(14)9(8)7-12(10)15/h3-7,14-15H,2H2,1H3. The van der Waals surface area contributed by atoms with Crippen LogP contribution >= 0.6 is 0 Å². The third-order valence-corrected chi connectivity index (χ3v) is 2.47. The Balaban J connectivity index is 2.60. The summed E-state index contributed by atoms with van der Waals surface area (Å²) in [6.07, 6.45) is 0. The van der Waals surface area contributed by atoms with Crippen molar-refractivity contribution in [2.24, 2.45) is 0 Å². The maximum atomic E-state index is 11.5. The first-order valence-electron chi connectivity index (χ1n) is 5.25. The van der Waals surface area contributed by atoms with E-state index in [0.29, 0.717) is 10.8 Å². The summed E-state index contributed by atoms with van der Waals surface area (Å²) < 4.78 is 4.83. The van der Waals surface area contributed by atoms with E-state index in [1.807, 2.05) is 0 Å². The van der Waals surface area contributed by atoms with Crippen molar-refractivity contribution < 1.29 is 19.7 Å². The second-order valence-electron chi connectivity index (χ2n) is 3.59. The molecule has 88 valence electrons. The van der Waals surface area contributed by atoms with Crippen LogP contribution < -0.4 is 0 Å². The zero-order valence-corrected chi connectivity index (χ0v) is 9.30. The molecule has 17 heavy (non-hydrogen) atoms. The van der Waals surface area contributed by atoms with E-state index in [-0.39, 0.29) is 23.7 Å². The molecule has 0 aromatic heterocycles. The van der Waals surface area contributed by atoms with Crippen molar-refractivity contribution in [2.45, 2.75) is 6.92 Å². The van der Waals surface area contributed by atoms with Crippen LogP contribution in [0.5, 0.6) is 11.5 Å². The number of ether oxygens (including phenoxy) is 1. The van der Waals surface area contributed by atoms with Crippen LogP contribution in [0, 0.1) is 0 Å². The number of phenolic OH excluding ortho intramolecular Hbond substituents is 2. The van der Waals surface area contributed by atoms with Gasteiger partial charge in [0.25, 0.3) is 0 Å². The molecule has 0 saturated carbocycles. The van der Waals surface area contributed by atoms with Crippen molar-refractivity contribution >= 4 is 16.7 Å². The van der Waals surface area contributed by atoms with Crippen LogP contribution in [0.3, 0.4) is 0 Å². The van der Waals surface area contributed by atoms with Gasteiger partial charge in [-0.2, -0.15) is 0 Å². The van der Waals surface area contributed by atoms with Crippen molar-refractivity contribution in [1.29, 1.82) is 0 Å². The first-order chi connectivity index (χ1) is 8.13. The minimum atomic E-state index is -0.574. The van der Waals surface area contributed by atoms with Crippen molar-refractivity contribution in [3.63, 3.8) is 0 Å². The first kappa shape index (κ1) is 11.3. The Morgan fingerprint density at radius 2 is 2.00 bits per heavy atom. The molecule has 4 nitrogen and oxygen atoms in total. The Morgan fingerprint density at radius 1 is 1.24 bits per heavy atom. The predicted octanol–water partition coefficient (Wildman–Crippen LogP) is 2.43. The van der Waals surface area contributed by atoms with Crippen molar-refractivity contribution in [3.8, 4) is 11.5 Å². The SMILES string of the molecule is CCOC(=O)c1cc2cccc(O)c2cc1O. The van der Waals surface area contributed by atoms with E-state index < -0.39 is 5.97 Å². The van der Waals surface area contributed by atoms with Crippen LogP contribution in [0.2, 0.25) is 0 Å². The third kappa shape index (κ3) is 2.01. The van der Waals surface area contributed by atoms with E-state index in [4.69, 9.17) is 4.74 Å². The molecular weight excluding hydrogens is 220 g/mol. The fraction of sp³-hybridized carbons (Fsp3) is 0.154. The Hall–Kier alpha value is -2.23. The van der Waals surface area contributed by atoms with E-state index in [0.717, 1.165) is 0 Å². The highest BCUT2D eigenvalue weighted by Crippen LogP contribution is 2.30. The summed E-state index contributed by atoms with van der Waals surface area (Å²) in [6, 6.07) is 7.80. The number of hydrogen-bond donors (Lipinski definition) is 2. The summed E-state index contributed by atoms with van der Waals surface area (Å²) in [5, 5.41) is 20.5. The van der Waals surface area contributed by atoms with Crippen molar-refractivity contribution in [3.05, 3.63) is 35.9 Å². The van der Waals surface area contributed by atoms with Crippen LogP contribution in [0.1, 0.15) is 17.3 Å². The highest BCUT2D eigenvalue weighted by Gasteiger charge is 2.14. The van der Waals surface area contributed by atoms with E-state index in [1.165, 1.54) is 18.2 Å². The van der Waals surface area contributed by atoms with E-state index in [1.54, 1.807) is 19.1 Å². The van der Waals surface area contributed by atoms with Gasteiger partial charge in [0, 0.05) is 5.39 Å². The number of aromatic hydroxyl groups is 2. The first-order valence-corrected chi connectivity index (χ1v) is 5.25. The summed E-state index contributed by atoms with van der Waals surface area (Å²) in [5.74, 6) is -0.707. The molecule has 2 rings (SSSR count). The zero-order valence-electron chi connectivity index (χ0n) is 9.30. The second-order valence-corrected chi connectivity index (χ2v) is 3.59. The number of benzene rings is 2. The normalized spacial score (nSPS) is 10.4. The average Bonchev–Trinajstić information content (AvgIpc) is 2.30. The molecule has 0 fully saturated rings. The van der Waals surface area contributed by atoms with Crippen molar-refractivity contribution in [2.75, 3.05) is 6.61 Å². The number of fused-ring (bicyclic) bond motifs is 1. The zero-order chi connectivity index (χ0) is 12.4.